The van der Waals surface area contributed by atoms with Crippen molar-refractivity contribution >= 4 is 17.6 Å². The third kappa shape index (κ3) is 4.43. The predicted octanol–water partition coefficient (Wildman–Crippen LogP) is 5.49. The van der Waals surface area contributed by atoms with Crippen LogP contribution in [0.2, 0.25) is 5.02 Å². The molecule has 0 spiro atoms. The lowest BCUT2D eigenvalue weighted by Crippen LogP contribution is -2.39. The first-order valence-electron chi connectivity index (χ1n) is 9.37. The Kier molecular flexibility index (Phi) is 5.97. The lowest BCUT2D eigenvalue weighted by Gasteiger charge is -2.30. The highest BCUT2D eigenvalue weighted by atomic mass is 35.5. The fraction of sp³-hybridized carbons (Fsp3) is 0.409. The van der Waals surface area contributed by atoms with Gasteiger partial charge in [-0.05, 0) is 41.2 Å². The molecule has 0 aromatic heterocycles. The van der Waals surface area contributed by atoms with Gasteiger partial charge in [0.15, 0.2) is 11.6 Å². The highest BCUT2D eigenvalue weighted by molar-refractivity contribution is 6.30. The van der Waals surface area contributed by atoms with E-state index in [1.807, 2.05) is 20.8 Å². The van der Waals surface area contributed by atoms with E-state index in [2.05, 4.69) is 5.32 Å². The molecule has 4 atom stereocenters. The zero-order valence-electron chi connectivity index (χ0n) is 16.3. The first-order chi connectivity index (χ1) is 13.5. The third-order valence-corrected chi connectivity index (χ3v) is 5.57. The summed E-state index contributed by atoms with van der Waals surface area (Å²) in [7, 11) is 0. The summed E-state index contributed by atoms with van der Waals surface area (Å²) in [6.07, 6.45) is 0.511. The summed E-state index contributed by atoms with van der Waals surface area (Å²) in [6, 6.07) is 6.17. The van der Waals surface area contributed by atoms with Gasteiger partial charge in [-0.2, -0.15) is 0 Å². The molecule has 2 aromatic carbocycles. The molecule has 1 fully saturated rings. The van der Waals surface area contributed by atoms with Gasteiger partial charge in [0, 0.05) is 22.9 Å². The molecule has 3 rings (SSSR count). The van der Waals surface area contributed by atoms with Crippen LogP contribution in [0.15, 0.2) is 36.4 Å². The Balaban J connectivity index is 2.21. The van der Waals surface area contributed by atoms with Crippen molar-refractivity contribution in [2.45, 2.75) is 51.1 Å². The molecule has 3 nitrogen and oxygen atoms in total. The smallest absolute Gasteiger partial charge is 0.321 e. The van der Waals surface area contributed by atoms with Crippen LogP contribution in [0, 0.1) is 22.9 Å². The number of benzene rings is 2. The van der Waals surface area contributed by atoms with Gasteiger partial charge in [0.25, 0.3) is 0 Å². The maximum atomic E-state index is 14.9. The predicted molar refractivity (Wildman–Crippen MR) is 106 cm³/mol. The van der Waals surface area contributed by atoms with E-state index in [0.717, 1.165) is 12.1 Å². The minimum absolute atomic E-state index is 0.0827. The summed E-state index contributed by atoms with van der Waals surface area (Å²) >= 11 is 5.89. The maximum absolute atomic E-state index is 14.9. The summed E-state index contributed by atoms with van der Waals surface area (Å²) in [5.41, 5.74) is -0.0636. The molecule has 0 aliphatic carbocycles. The minimum atomic E-state index is -1.20. The minimum Gasteiger partial charge on any atom is -0.480 e. The molecule has 156 valence electrons. The topological polar surface area (TPSA) is 49.3 Å². The lowest BCUT2D eigenvalue weighted by atomic mass is 9.74. The molecule has 1 heterocycles. The van der Waals surface area contributed by atoms with E-state index in [4.69, 9.17) is 11.6 Å². The van der Waals surface area contributed by atoms with Crippen LogP contribution >= 0.6 is 11.6 Å². The van der Waals surface area contributed by atoms with Gasteiger partial charge in [0.1, 0.15) is 11.9 Å². The zero-order chi connectivity index (χ0) is 21.5. The SMILES string of the molecule is CC(C)(C)CC1NC(C(=O)O)C(c2cccc(F)c2F)C1c1ccc(Cl)cc1F. The molecule has 0 saturated carbocycles. The summed E-state index contributed by atoms with van der Waals surface area (Å²) in [5, 5.41) is 13.1. The van der Waals surface area contributed by atoms with E-state index < -0.39 is 47.3 Å². The van der Waals surface area contributed by atoms with Crippen LogP contribution in [-0.2, 0) is 4.79 Å². The fourth-order valence-corrected chi connectivity index (χ4v) is 4.46. The molecule has 0 radical (unpaired) electrons. The van der Waals surface area contributed by atoms with E-state index in [9.17, 15) is 23.1 Å². The molecule has 0 amide bonds. The quantitative estimate of drug-likeness (QED) is 0.681. The number of carbonyl (C=O) groups is 1. The number of nitrogens with one attached hydrogen (secondary N) is 1. The van der Waals surface area contributed by atoms with Crippen molar-refractivity contribution in [3.63, 3.8) is 0 Å². The van der Waals surface area contributed by atoms with Crippen LogP contribution in [0.4, 0.5) is 13.2 Å². The molecular weight excluding hydrogens is 403 g/mol. The largest absolute Gasteiger partial charge is 0.480 e. The van der Waals surface area contributed by atoms with Gasteiger partial charge in [0.2, 0.25) is 0 Å². The third-order valence-electron chi connectivity index (χ3n) is 5.33. The molecule has 29 heavy (non-hydrogen) atoms. The monoisotopic (exact) mass is 425 g/mol. The second kappa shape index (κ2) is 8.00. The Bertz CT molecular complexity index is 929. The summed E-state index contributed by atoms with van der Waals surface area (Å²) in [5.74, 6) is -5.69. The Hall–Kier alpha value is -2.05. The highest BCUT2D eigenvalue weighted by Gasteiger charge is 2.50. The van der Waals surface area contributed by atoms with Gasteiger partial charge in [-0.25, -0.2) is 13.2 Å². The number of hydrogen-bond acceptors (Lipinski definition) is 2. The van der Waals surface area contributed by atoms with Crippen molar-refractivity contribution in [2.24, 2.45) is 5.41 Å². The average Bonchev–Trinajstić information content (AvgIpc) is 2.94. The normalized spacial score (nSPS) is 24.7. The number of halogens is 4. The van der Waals surface area contributed by atoms with Gasteiger partial charge in [-0.15, -0.1) is 0 Å². The van der Waals surface area contributed by atoms with Gasteiger partial charge in [0.05, 0.1) is 0 Å². The van der Waals surface area contributed by atoms with Crippen molar-refractivity contribution in [1.82, 2.24) is 5.32 Å². The van der Waals surface area contributed by atoms with E-state index in [-0.39, 0.29) is 21.6 Å². The van der Waals surface area contributed by atoms with Crippen molar-refractivity contribution in [3.05, 3.63) is 70.0 Å². The molecule has 7 heteroatoms. The zero-order valence-corrected chi connectivity index (χ0v) is 17.1. The molecule has 1 saturated heterocycles. The Morgan fingerprint density at radius 2 is 1.76 bits per heavy atom. The maximum Gasteiger partial charge on any atom is 0.321 e. The number of aliphatic carboxylic acids is 1. The average molecular weight is 426 g/mol. The van der Waals surface area contributed by atoms with E-state index in [0.29, 0.717) is 6.42 Å². The van der Waals surface area contributed by atoms with E-state index >= 15 is 0 Å². The van der Waals surface area contributed by atoms with Crippen molar-refractivity contribution in [1.29, 1.82) is 0 Å². The van der Waals surface area contributed by atoms with Crippen molar-refractivity contribution < 1.29 is 23.1 Å². The molecule has 2 aromatic rings. The summed E-state index contributed by atoms with van der Waals surface area (Å²) < 4.78 is 43.5. The van der Waals surface area contributed by atoms with Crippen LogP contribution in [0.5, 0.6) is 0 Å². The summed E-state index contributed by atoms with van der Waals surface area (Å²) in [4.78, 5) is 12.0. The Morgan fingerprint density at radius 3 is 2.34 bits per heavy atom. The van der Waals surface area contributed by atoms with Gasteiger partial charge in [-0.3, -0.25) is 4.79 Å². The van der Waals surface area contributed by atoms with Crippen LogP contribution in [-0.4, -0.2) is 23.2 Å². The van der Waals surface area contributed by atoms with Crippen LogP contribution < -0.4 is 5.32 Å². The first-order valence-corrected chi connectivity index (χ1v) is 9.75. The number of carboxylic acids is 1. The summed E-state index contributed by atoms with van der Waals surface area (Å²) in [6.45, 7) is 5.95. The first kappa shape index (κ1) is 21.7. The standard InChI is InChI=1S/C22H23ClF3NO2/c1-22(2,3)10-16-17(12-8-7-11(23)9-15(12)25)18(20(27-16)21(28)29)13-5-4-6-14(24)19(13)26/h4-9,16-18,20,27H,10H2,1-3H3,(H,28,29). The number of carboxylic acid groups (broad SMARTS) is 1. The van der Waals surface area contributed by atoms with E-state index in [1.54, 1.807) is 0 Å². The van der Waals surface area contributed by atoms with E-state index in [1.165, 1.54) is 24.3 Å². The molecule has 4 unspecified atom stereocenters. The van der Waals surface area contributed by atoms with Crippen molar-refractivity contribution in [2.75, 3.05) is 0 Å². The Labute approximate surface area is 172 Å². The Morgan fingerprint density at radius 1 is 1.07 bits per heavy atom. The van der Waals surface area contributed by atoms with Gasteiger partial charge in [-0.1, -0.05) is 50.6 Å². The molecular formula is C22H23ClF3NO2. The molecule has 1 aliphatic rings. The van der Waals surface area contributed by atoms with Crippen LogP contribution in [0.3, 0.4) is 0 Å². The number of rotatable bonds is 4. The fourth-order valence-electron chi connectivity index (χ4n) is 4.30. The van der Waals surface area contributed by atoms with Gasteiger partial charge >= 0.3 is 5.97 Å². The van der Waals surface area contributed by atoms with Crippen LogP contribution in [0.1, 0.15) is 50.2 Å². The highest BCUT2D eigenvalue weighted by Crippen LogP contribution is 2.48. The molecule has 1 aliphatic heterocycles. The second-order valence-electron chi connectivity index (χ2n) is 8.71. The van der Waals surface area contributed by atoms with Crippen molar-refractivity contribution in [3.8, 4) is 0 Å². The second-order valence-corrected chi connectivity index (χ2v) is 9.15. The number of hydrogen-bond donors (Lipinski definition) is 2. The lowest BCUT2D eigenvalue weighted by molar-refractivity contribution is -0.139. The van der Waals surface area contributed by atoms with Gasteiger partial charge < -0.3 is 10.4 Å². The molecule has 2 N–H and O–H groups in total. The van der Waals surface area contributed by atoms with Crippen LogP contribution in [0.25, 0.3) is 0 Å². The molecule has 0 bridgehead atoms.